The van der Waals surface area contributed by atoms with Crippen LogP contribution in [0.5, 0.6) is 0 Å². The van der Waals surface area contributed by atoms with Crippen LogP contribution in [-0.4, -0.2) is 22.7 Å². The summed E-state index contributed by atoms with van der Waals surface area (Å²) in [5.41, 5.74) is -0.623. The van der Waals surface area contributed by atoms with Gasteiger partial charge in [-0.3, -0.25) is 10.1 Å². The lowest BCUT2D eigenvalue weighted by Crippen LogP contribution is -2.56. The average molecular weight is 253 g/mol. The van der Waals surface area contributed by atoms with Gasteiger partial charge in [0, 0.05) is 6.04 Å². The monoisotopic (exact) mass is 253 g/mol. The van der Waals surface area contributed by atoms with Gasteiger partial charge in [0.05, 0.1) is 0 Å². The second-order valence-corrected chi connectivity index (χ2v) is 6.13. The zero-order valence-corrected chi connectivity index (χ0v) is 11.4. The third-order valence-corrected chi connectivity index (χ3v) is 4.70. The van der Waals surface area contributed by atoms with Gasteiger partial charge in [0.25, 0.3) is 0 Å². The first-order valence-corrected chi connectivity index (χ1v) is 7.74. The van der Waals surface area contributed by atoms with Crippen molar-refractivity contribution in [2.24, 2.45) is 0 Å². The number of hydrogen-bond acceptors (Lipinski definition) is 2. The molecule has 18 heavy (non-hydrogen) atoms. The molecule has 0 atom stereocenters. The van der Waals surface area contributed by atoms with Crippen LogP contribution in [0.15, 0.2) is 0 Å². The Hall–Kier alpha value is -0.570. The summed E-state index contributed by atoms with van der Waals surface area (Å²) in [4.78, 5) is 11.8. The Morgan fingerprint density at radius 2 is 1.39 bits per heavy atom. The van der Waals surface area contributed by atoms with Crippen LogP contribution < -0.4 is 5.32 Å². The van der Waals surface area contributed by atoms with Gasteiger partial charge in [0.15, 0.2) is 0 Å². The number of carboxylic acid groups (broad SMARTS) is 1. The second-order valence-electron chi connectivity index (χ2n) is 6.13. The van der Waals surface area contributed by atoms with Crippen LogP contribution in [0.4, 0.5) is 0 Å². The number of carboxylic acids is 1. The lowest BCUT2D eigenvalue weighted by molar-refractivity contribution is -0.146. The summed E-state index contributed by atoms with van der Waals surface area (Å²) in [5, 5.41) is 13.2. The summed E-state index contributed by atoms with van der Waals surface area (Å²) in [6.07, 6.45) is 13.6. The highest BCUT2D eigenvalue weighted by Crippen LogP contribution is 2.29. The molecule has 104 valence electrons. The molecule has 0 unspecified atom stereocenters. The molecule has 3 nitrogen and oxygen atoms in total. The minimum Gasteiger partial charge on any atom is -0.480 e. The van der Waals surface area contributed by atoms with Crippen molar-refractivity contribution in [1.29, 1.82) is 0 Å². The van der Waals surface area contributed by atoms with E-state index in [1.165, 1.54) is 38.5 Å². The van der Waals surface area contributed by atoms with Gasteiger partial charge in [-0.05, 0) is 25.7 Å². The SMILES string of the molecule is O=C(O)C1(NC2CCCCC2)CCCCCCC1. The molecule has 2 N–H and O–H groups in total. The lowest BCUT2D eigenvalue weighted by Gasteiger charge is -2.37. The molecular weight excluding hydrogens is 226 g/mol. The maximum atomic E-state index is 11.8. The molecular formula is C15H27NO2. The highest BCUT2D eigenvalue weighted by atomic mass is 16.4. The first-order chi connectivity index (χ1) is 8.73. The van der Waals surface area contributed by atoms with Gasteiger partial charge < -0.3 is 5.11 Å². The number of aliphatic carboxylic acids is 1. The van der Waals surface area contributed by atoms with Crippen molar-refractivity contribution >= 4 is 5.97 Å². The van der Waals surface area contributed by atoms with Gasteiger partial charge in [-0.1, -0.05) is 51.4 Å². The number of carbonyl (C=O) groups is 1. The minimum absolute atomic E-state index is 0.439. The van der Waals surface area contributed by atoms with Gasteiger partial charge in [0.1, 0.15) is 5.54 Å². The molecule has 0 aromatic carbocycles. The Labute approximate surface area is 110 Å². The summed E-state index contributed by atoms with van der Waals surface area (Å²) >= 11 is 0. The number of hydrogen-bond donors (Lipinski definition) is 2. The van der Waals surface area contributed by atoms with E-state index >= 15 is 0 Å². The molecule has 0 spiro atoms. The van der Waals surface area contributed by atoms with Crippen LogP contribution in [0, 0.1) is 0 Å². The smallest absolute Gasteiger partial charge is 0.323 e. The van der Waals surface area contributed by atoms with Crippen LogP contribution in [0.3, 0.4) is 0 Å². The van der Waals surface area contributed by atoms with Crippen molar-refractivity contribution < 1.29 is 9.90 Å². The minimum atomic E-state index is -0.623. The van der Waals surface area contributed by atoms with E-state index in [-0.39, 0.29) is 0 Å². The second kappa shape index (κ2) is 6.55. The Kier molecular flexibility index (Phi) is 5.04. The van der Waals surface area contributed by atoms with Gasteiger partial charge in [-0.25, -0.2) is 0 Å². The first kappa shape index (κ1) is 13.9. The van der Waals surface area contributed by atoms with Crippen molar-refractivity contribution in [3.63, 3.8) is 0 Å². The maximum absolute atomic E-state index is 11.8. The topological polar surface area (TPSA) is 49.3 Å². The molecule has 2 fully saturated rings. The molecule has 2 rings (SSSR count). The fraction of sp³-hybridized carbons (Fsp3) is 0.933. The average Bonchev–Trinajstić information content (AvgIpc) is 2.34. The van der Waals surface area contributed by atoms with Crippen LogP contribution >= 0.6 is 0 Å². The summed E-state index contributed by atoms with van der Waals surface area (Å²) in [5.74, 6) is -0.616. The highest BCUT2D eigenvalue weighted by Gasteiger charge is 2.39. The molecule has 0 aromatic rings. The van der Waals surface area contributed by atoms with Crippen LogP contribution in [0.1, 0.15) is 77.0 Å². The Morgan fingerprint density at radius 1 is 0.889 bits per heavy atom. The lowest BCUT2D eigenvalue weighted by atomic mass is 9.82. The zero-order valence-electron chi connectivity index (χ0n) is 11.4. The predicted molar refractivity (Wildman–Crippen MR) is 72.7 cm³/mol. The van der Waals surface area contributed by atoms with Gasteiger partial charge in [0.2, 0.25) is 0 Å². The van der Waals surface area contributed by atoms with Crippen LogP contribution in [-0.2, 0) is 4.79 Å². The molecule has 0 heterocycles. The maximum Gasteiger partial charge on any atom is 0.323 e. The molecule has 2 aliphatic rings. The Morgan fingerprint density at radius 3 is 1.94 bits per heavy atom. The largest absolute Gasteiger partial charge is 0.480 e. The molecule has 0 aliphatic heterocycles. The summed E-state index contributed by atoms with van der Waals surface area (Å²) in [6, 6.07) is 0.439. The standard InChI is InChI=1S/C15H27NO2/c17-14(18)15(11-7-2-1-3-8-12-15)16-13-9-5-4-6-10-13/h13,16H,1-12H2,(H,17,18). The quantitative estimate of drug-likeness (QED) is 0.809. The third-order valence-electron chi connectivity index (χ3n) is 4.70. The molecule has 0 aromatic heterocycles. The van der Waals surface area contributed by atoms with Crippen LogP contribution in [0.2, 0.25) is 0 Å². The van der Waals surface area contributed by atoms with Crippen molar-refractivity contribution in [2.45, 2.75) is 88.6 Å². The first-order valence-electron chi connectivity index (χ1n) is 7.74. The van der Waals surface area contributed by atoms with E-state index in [0.717, 1.165) is 38.5 Å². The fourth-order valence-corrected chi connectivity index (χ4v) is 3.57. The molecule has 2 saturated carbocycles. The normalized spacial score (nSPS) is 26.2. The Bertz CT molecular complexity index is 264. The van der Waals surface area contributed by atoms with Crippen LogP contribution in [0.25, 0.3) is 0 Å². The van der Waals surface area contributed by atoms with E-state index in [0.29, 0.717) is 6.04 Å². The fourth-order valence-electron chi connectivity index (χ4n) is 3.57. The third kappa shape index (κ3) is 3.47. The van der Waals surface area contributed by atoms with E-state index in [1.54, 1.807) is 0 Å². The van der Waals surface area contributed by atoms with Crippen molar-refractivity contribution in [1.82, 2.24) is 5.32 Å². The molecule has 0 amide bonds. The van der Waals surface area contributed by atoms with Gasteiger partial charge >= 0.3 is 5.97 Å². The van der Waals surface area contributed by atoms with E-state index in [9.17, 15) is 9.90 Å². The van der Waals surface area contributed by atoms with E-state index < -0.39 is 11.5 Å². The van der Waals surface area contributed by atoms with Crippen molar-refractivity contribution in [3.05, 3.63) is 0 Å². The van der Waals surface area contributed by atoms with Gasteiger partial charge in [-0.2, -0.15) is 0 Å². The molecule has 0 bridgehead atoms. The van der Waals surface area contributed by atoms with E-state index in [1.807, 2.05) is 0 Å². The molecule has 0 saturated heterocycles. The van der Waals surface area contributed by atoms with E-state index in [4.69, 9.17) is 0 Å². The summed E-state index contributed by atoms with van der Waals surface area (Å²) in [6.45, 7) is 0. The summed E-state index contributed by atoms with van der Waals surface area (Å²) < 4.78 is 0. The van der Waals surface area contributed by atoms with Gasteiger partial charge in [-0.15, -0.1) is 0 Å². The summed E-state index contributed by atoms with van der Waals surface area (Å²) in [7, 11) is 0. The Balaban J connectivity index is 2.01. The highest BCUT2D eigenvalue weighted by molar-refractivity contribution is 5.78. The zero-order chi connectivity index (χ0) is 12.8. The predicted octanol–water partition coefficient (Wildman–Crippen LogP) is 3.48. The van der Waals surface area contributed by atoms with E-state index in [2.05, 4.69) is 5.32 Å². The molecule has 0 radical (unpaired) electrons. The molecule has 3 heteroatoms. The number of rotatable bonds is 3. The molecule has 2 aliphatic carbocycles. The van der Waals surface area contributed by atoms with Crippen molar-refractivity contribution in [3.8, 4) is 0 Å². The number of nitrogens with one attached hydrogen (secondary N) is 1. The van der Waals surface area contributed by atoms with Crippen molar-refractivity contribution in [2.75, 3.05) is 0 Å².